The van der Waals surface area contributed by atoms with Crippen molar-refractivity contribution in [2.75, 3.05) is 13.6 Å². The van der Waals surface area contributed by atoms with Gasteiger partial charge in [-0.2, -0.15) is 0 Å². The molecule has 1 saturated carbocycles. The molecule has 3 rings (SSSR count). The molecule has 2 aliphatic rings. The van der Waals surface area contributed by atoms with Crippen LogP contribution in [0.2, 0.25) is 5.02 Å². The molecule has 2 atom stereocenters. The molecule has 2 amide bonds. The van der Waals surface area contributed by atoms with Gasteiger partial charge >= 0.3 is 0 Å². The average molecular weight is 321 g/mol. The molecule has 4 nitrogen and oxygen atoms in total. The van der Waals surface area contributed by atoms with Crippen molar-refractivity contribution in [1.82, 2.24) is 10.2 Å². The molecule has 1 N–H and O–H groups in total. The number of piperidine rings is 1. The first-order valence-electron chi connectivity index (χ1n) is 7.84. The molecule has 1 heterocycles. The van der Waals surface area contributed by atoms with Crippen LogP contribution in [0.15, 0.2) is 24.3 Å². The zero-order valence-corrected chi connectivity index (χ0v) is 13.5. The van der Waals surface area contributed by atoms with Crippen LogP contribution in [-0.4, -0.2) is 30.3 Å². The first-order chi connectivity index (χ1) is 10.5. The third-order valence-electron chi connectivity index (χ3n) is 4.65. The Morgan fingerprint density at radius 1 is 1.27 bits per heavy atom. The Kier molecular flexibility index (Phi) is 4.39. The number of halogens is 1. The standard InChI is InChI=1S/C17H21ClN2O2/c1-20-9-8-13(10-15(20)21)17(22)19-16(11-2-3-11)12-4-6-14(18)7-5-12/h4-7,11,13,16H,2-3,8-10H2,1H3,(H,19,22)/t13-,16-/m0/s1. The monoisotopic (exact) mass is 320 g/mol. The lowest BCUT2D eigenvalue weighted by atomic mass is 9.94. The zero-order chi connectivity index (χ0) is 15.7. The minimum Gasteiger partial charge on any atom is -0.349 e. The highest BCUT2D eigenvalue weighted by atomic mass is 35.5. The van der Waals surface area contributed by atoms with Crippen molar-refractivity contribution < 1.29 is 9.59 Å². The van der Waals surface area contributed by atoms with E-state index in [1.165, 1.54) is 0 Å². The molecule has 22 heavy (non-hydrogen) atoms. The summed E-state index contributed by atoms with van der Waals surface area (Å²) in [5.74, 6) is 0.374. The van der Waals surface area contributed by atoms with Crippen LogP contribution in [0.5, 0.6) is 0 Å². The van der Waals surface area contributed by atoms with Crippen molar-refractivity contribution >= 4 is 23.4 Å². The quantitative estimate of drug-likeness (QED) is 0.927. The van der Waals surface area contributed by atoms with Gasteiger partial charge < -0.3 is 10.2 Å². The maximum absolute atomic E-state index is 12.5. The third-order valence-corrected chi connectivity index (χ3v) is 4.90. The van der Waals surface area contributed by atoms with Crippen LogP contribution in [0.4, 0.5) is 0 Å². The molecule has 1 aromatic carbocycles. The lowest BCUT2D eigenvalue weighted by Gasteiger charge is -2.29. The van der Waals surface area contributed by atoms with Gasteiger partial charge in [-0.3, -0.25) is 9.59 Å². The molecule has 0 aromatic heterocycles. The fourth-order valence-electron chi connectivity index (χ4n) is 3.01. The minimum absolute atomic E-state index is 0.00769. The van der Waals surface area contributed by atoms with E-state index in [1.54, 1.807) is 11.9 Å². The number of hydrogen-bond acceptors (Lipinski definition) is 2. The summed E-state index contributed by atoms with van der Waals surface area (Å²) < 4.78 is 0. The maximum atomic E-state index is 12.5. The first-order valence-corrected chi connectivity index (χ1v) is 8.22. The van der Waals surface area contributed by atoms with E-state index in [9.17, 15) is 9.59 Å². The van der Waals surface area contributed by atoms with E-state index >= 15 is 0 Å². The molecule has 1 aliphatic carbocycles. The van der Waals surface area contributed by atoms with E-state index in [0.29, 0.717) is 23.9 Å². The second-order valence-corrected chi connectivity index (χ2v) is 6.82. The van der Waals surface area contributed by atoms with Gasteiger partial charge in [0.05, 0.1) is 6.04 Å². The van der Waals surface area contributed by atoms with Crippen LogP contribution in [0.25, 0.3) is 0 Å². The average Bonchev–Trinajstić information content (AvgIpc) is 3.33. The summed E-state index contributed by atoms with van der Waals surface area (Å²) in [5, 5.41) is 3.87. The van der Waals surface area contributed by atoms with Crippen molar-refractivity contribution in [1.29, 1.82) is 0 Å². The Hall–Kier alpha value is -1.55. The summed E-state index contributed by atoms with van der Waals surface area (Å²) in [6.07, 6.45) is 3.34. The molecule has 0 radical (unpaired) electrons. The van der Waals surface area contributed by atoms with Crippen molar-refractivity contribution in [3.63, 3.8) is 0 Å². The Labute approximate surface area is 135 Å². The summed E-state index contributed by atoms with van der Waals surface area (Å²) in [7, 11) is 1.79. The zero-order valence-electron chi connectivity index (χ0n) is 12.7. The SMILES string of the molecule is CN1CC[C@H](C(=O)N[C@H](c2ccc(Cl)cc2)C2CC2)CC1=O. The molecular formula is C17H21ClN2O2. The normalized spacial score (nSPS) is 23.3. The molecule has 0 spiro atoms. The van der Waals surface area contributed by atoms with Gasteiger partial charge in [0, 0.05) is 31.0 Å². The summed E-state index contributed by atoms with van der Waals surface area (Å²) in [6.45, 7) is 0.659. The predicted molar refractivity (Wildman–Crippen MR) is 85.4 cm³/mol. The largest absolute Gasteiger partial charge is 0.349 e. The van der Waals surface area contributed by atoms with E-state index in [4.69, 9.17) is 11.6 Å². The van der Waals surface area contributed by atoms with Gasteiger partial charge in [-0.05, 0) is 42.9 Å². The van der Waals surface area contributed by atoms with Gasteiger partial charge in [0.2, 0.25) is 11.8 Å². The summed E-state index contributed by atoms with van der Waals surface area (Å²) in [6, 6.07) is 7.71. The number of amides is 2. The van der Waals surface area contributed by atoms with Gasteiger partial charge in [-0.15, -0.1) is 0 Å². The van der Waals surface area contributed by atoms with Crippen molar-refractivity contribution in [2.45, 2.75) is 31.7 Å². The number of nitrogens with zero attached hydrogens (tertiary/aromatic N) is 1. The number of carbonyl (C=O) groups excluding carboxylic acids is 2. The highest BCUT2D eigenvalue weighted by Crippen LogP contribution is 2.41. The number of carbonyl (C=O) groups is 2. The van der Waals surface area contributed by atoms with Gasteiger partial charge in [0.15, 0.2) is 0 Å². The van der Waals surface area contributed by atoms with Gasteiger partial charge in [0.1, 0.15) is 0 Å². The van der Waals surface area contributed by atoms with Crippen LogP contribution in [0, 0.1) is 11.8 Å². The summed E-state index contributed by atoms with van der Waals surface area (Å²) in [5.41, 5.74) is 1.10. The lowest BCUT2D eigenvalue weighted by molar-refractivity contribution is -0.139. The number of benzene rings is 1. The van der Waals surface area contributed by atoms with Crippen LogP contribution in [0.3, 0.4) is 0 Å². The Bertz CT molecular complexity index is 569. The van der Waals surface area contributed by atoms with Crippen LogP contribution >= 0.6 is 11.6 Å². The molecule has 0 unspecified atom stereocenters. The van der Waals surface area contributed by atoms with E-state index in [1.807, 2.05) is 24.3 Å². The Morgan fingerprint density at radius 2 is 1.95 bits per heavy atom. The molecule has 1 saturated heterocycles. The molecule has 1 aromatic rings. The smallest absolute Gasteiger partial charge is 0.224 e. The predicted octanol–water partition coefficient (Wildman–Crippen LogP) is 2.78. The topological polar surface area (TPSA) is 49.4 Å². The molecule has 5 heteroatoms. The molecular weight excluding hydrogens is 300 g/mol. The van der Waals surface area contributed by atoms with E-state index in [2.05, 4.69) is 5.32 Å². The fourth-order valence-corrected chi connectivity index (χ4v) is 3.14. The van der Waals surface area contributed by atoms with Crippen LogP contribution < -0.4 is 5.32 Å². The second-order valence-electron chi connectivity index (χ2n) is 6.38. The maximum Gasteiger partial charge on any atom is 0.224 e. The number of rotatable bonds is 4. The molecule has 1 aliphatic heterocycles. The van der Waals surface area contributed by atoms with Crippen LogP contribution in [-0.2, 0) is 9.59 Å². The summed E-state index contributed by atoms with van der Waals surface area (Å²) >= 11 is 5.94. The van der Waals surface area contributed by atoms with Crippen molar-refractivity contribution in [3.8, 4) is 0 Å². The van der Waals surface area contributed by atoms with E-state index in [0.717, 1.165) is 24.8 Å². The minimum atomic E-state index is -0.197. The number of likely N-dealkylation sites (tertiary alicyclic amines) is 1. The van der Waals surface area contributed by atoms with E-state index < -0.39 is 0 Å². The highest BCUT2D eigenvalue weighted by molar-refractivity contribution is 6.30. The first kappa shape index (κ1) is 15.3. The molecule has 0 bridgehead atoms. The van der Waals surface area contributed by atoms with Crippen molar-refractivity contribution in [3.05, 3.63) is 34.9 Å². The van der Waals surface area contributed by atoms with Crippen molar-refractivity contribution in [2.24, 2.45) is 11.8 Å². The second kappa shape index (κ2) is 6.29. The molecule has 118 valence electrons. The number of hydrogen-bond donors (Lipinski definition) is 1. The van der Waals surface area contributed by atoms with Gasteiger partial charge in [0.25, 0.3) is 0 Å². The molecule has 2 fully saturated rings. The van der Waals surface area contributed by atoms with Gasteiger partial charge in [-0.1, -0.05) is 23.7 Å². The number of nitrogens with one attached hydrogen (secondary N) is 1. The third kappa shape index (κ3) is 3.43. The highest BCUT2D eigenvalue weighted by Gasteiger charge is 2.36. The lowest BCUT2D eigenvalue weighted by Crippen LogP contribution is -2.43. The fraction of sp³-hybridized carbons (Fsp3) is 0.529. The Morgan fingerprint density at radius 3 is 2.55 bits per heavy atom. The van der Waals surface area contributed by atoms with Crippen LogP contribution in [0.1, 0.15) is 37.3 Å². The van der Waals surface area contributed by atoms with E-state index in [-0.39, 0.29) is 23.8 Å². The Balaban J connectivity index is 1.67. The van der Waals surface area contributed by atoms with Gasteiger partial charge in [-0.25, -0.2) is 0 Å². The summed E-state index contributed by atoms with van der Waals surface area (Å²) in [4.78, 5) is 26.0.